The van der Waals surface area contributed by atoms with Crippen LogP contribution in [-0.4, -0.2) is 46.3 Å². The number of hydrogen-bond donors (Lipinski definition) is 3. The molecule has 1 fully saturated rings. The number of rotatable bonds is 7. The molecule has 1 aromatic heterocycles. The van der Waals surface area contributed by atoms with Crippen LogP contribution >= 0.6 is 24.0 Å². The number of halogens is 1. The number of aliphatic imine (C=N–C) groups is 1. The molecule has 3 rings (SSSR count). The monoisotopic (exact) mass is 525 g/mol. The number of nitrogens with zero attached hydrogens (tertiary/aromatic N) is 4. The SMILES string of the molecule is CNC(=O)c1cccc(CCNC(=NCc2nnc(C)n2C)NC2CCCC2)c1.I. The Morgan fingerprint density at radius 3 is 2.70 bits per heavy atom. The first-order chi connectivity index (χ1) is 14.1. The molecule has 0 unspecified atom stereocenters. The van der Waals surface area contributed by atoms with Gasteiger partial charge in [0.1, 0.15) is 12.4 Å². The van der Waals surface area contributed by atoms with Crippen LogP contribution < -0.4 is 16.0 Å². The lowest BCUT2D eigenvalue weighted by molar-refractivity contribution is 0.0963. The third-order valence-electron chi connectivity index (χ3n) is 5.38. The van der Waals surface area contributed by atoms with Crippen molar-refractivity contribution < 1.29 is 4.79 Å². The number of hydrogen-bond acceptors (Lipinski definition) is 4. The van der Waals surface area contributed by atoms with E-state index in [9.17, 15) is 4.79 Å². The van der Waals surface area contributed by atoms with Gasteiger partial charge >= 0.3 is 0 Å². The molecule has 8 nitrogen and oxygen atoms in total. The van der Waals surface area contributed by atoms with Crippen molar-refractivity contribution in [2.75, 3.05) is 13.6 Å². The number of aromatic nitrogens is 3. The van der Waals surface area contributed by atoms with Crippen LogP contribution in [0, 0.1) is 6.92 Å². The van der Waals surface area contributed by atoms with Crippen molar-refractivity contribution in [3.05, 3.63) is 47.0 Å². The molecular weight excluding hydrogens is 493 g/mol. The average molecular weight is 525 g/mol. The van der Waals surface area contributed by atoms with Crippen LogP contribution in [0.1, 0.15) is 53.3 Å². The molecule has 1 aliphatic carbocycles. The second-order valence-electron chi connectivity index (χ2n) is 7.47. The molecule has 1 heterocycles. The Morgan fingerprint density at radius 1 is 1.27 bits per heavy atom. The first-order valence-corrected chi connectivity index (χ1v) is 10.3. The summed E-state index contributed by atoms with van der Waals surface area (Å²) in [4.78, 5) is 16.6. The van der Waals surface area contributed by atoms with E-state index in [-0.39, 0.29) is 29.9 Å². The summed E-state index contributed by atoms with van der Waals surface area (Å²) in [6.07, 6.45) is 5.69. The van der Waals surface area contributed by atoms with Gasteiger partial charge in [-0.15, -0.1) is 34.2 Å². The maximum Gasteiger partial charge on any atom is 0.251 e. The second kappa shape index (κ2) is 11.9. The Kier molecular flexibility index (Phi) is 9.54. The molecule has 0 radical (unpaired) electrons. The molecule has 0 saturated heterocycles. The largest absolute Gasteiger partial charge is 0.356 e. The fourth-order valence-electron chi connectivity index (χ4n) is 3.49. The molecule has 1 amide bonds. The van der Waals surface area contributed by atoms with Crippen LogP contribution in [0.15, 0.2) is 29.3 Å². The number of carbonyl (C=O) groups excluding carboxylic acids is 1. The molecule has 164 valence electrons. The first-order valence-electron chi connectivity index (χ1n) is 10.3. The van der Waals surface area contributed by atoms with Gasteiger partial charge in [0.05, 0.1) is 0 Å². The second-order valence-corrected chi connectivity index (χ2v) is 7.47. The van der Waals surface area contributed by atoms with Crippen molar-refractivity contribution in [3.63, 3.8) is 0 Å². The Labute approximate surface area is 195 Å². The summed E-state index contributed by atoms with van der Waals surface area (Å²) in [6.45, 7) is 3.14. The first kappa shape index (κ1) is 24.1. The number of carbonyl (C=O) groups is 1. The maximum absolute atomic E-state index is 11.8. The van der Waals surface area contributed by atoms with Gasteiger partial charge in [-0.05, 0) is 43.9 Å². The molecule has 0 atom stereocenters. The van der Waals surface area contributed by atoms with Crippen molar-refractivity contribution in [1.82, 2.24) is 30.7 Å². The molecule has 1 saturated carbocycles. The quantitative estimate of drug-likeness (QED) is 0.293. The molecule has 9 heteroatoms. The molecule has 30 heavy (non-hydrogen) atoms. The van der Waals surface area contributed by atoms with E-state index < -0.39 is 0 Å². The van der Waals surface area contributed by atoms with E-state index >= 15 is 0 Å². The Balaban J connectivity index is 0.00000320. The van der Waals surface area contributed by atoms with Gasteiger partial charge < -0.3 is 20.5 Å². The van der Waals surface area contributed by atoms with E-state index in [1.807, 2.05) is 42.8 Å². The molecule has 1 aliphatic rings. The van der Waals surface area contributed by atoms with Gasteiger partial charge in [0, 0.05) is 32.2 Å². The van der Waals surface area contributed by atoms with Crippen LogP contribution in [0.25, 0.3) is 0 Å². The lowest BCUT2D eigenvalue weighted by atomic mass is 10.1. The fraction of sp³-hybridized carbons (Fsp3) is 0.524. The highest BCUT2D eigenvalue weighted by Crippen LogP contribution is 2.17. The average Bonchev–Trinajstić information content (AvgIpc) is 3.36. The molecule has 2 aromatic rings. The topological polar surface area (TPSA) is 96.2 Å². The van der Waals surface area contributed by atoms with Crippen molar-refractivity contribution in [2.24, 2.45) is 12.0 Å². The van der Waals surface area contributed by atoms with Crippen molar-refractivity contribution in [2.45, 2.75) is 51.6 Å². The van der Waals surface area contributed by atoms with Crippen molar-refractivity contribution in [3.8, 4) is 0 Å². The molecule has 1 aromatic carbocycles. The van der Waals surface area contributed by atoms with E-state index in [1.54, 1.807) is 7.05 Å². The molecule has 0 spiro atoms. The molecular formula is C21H32IN7O. The zero-order valence-electron chi connectivity index (χ0n) is 17.9. The van der Waals surface area contributed by atoms with Gasteiger partial charge in [0.15, 0.2) is 11.8 Å². The van der Waals surface area contributed by atoms with E-state index in [4.69, 9.17) is 4.99 Å². The van der Waals surface area contributed by atoms with Gasteiger partial charge in [-0.1, -0.05) is 25.0 Å². The lowest BCUT2D eigenvalue weighted by Crippen LogP contribution is -2.43. The summed E-state index contributed by atoms with van der Waals surface area (Å²) in [5.41, 5.74) is 1.79. The summed E-state index contributed by atoms with van der Waals surface area (Å²) in [7, 11) is 3.60. The fourth-order valence-corrected chi connectivity index (χ4v) is 3.49. The third-order valence-corrected chi connectivity index (χ3v) is 5.38. The number of guanidine groups is 1. The van der Waals surface area contributed by atoms with Crippen LogP contribution in [0.5, 0.6) is 0 Å². The number of amides is 1. The van der Waals surface area contributed by atoms with Crippen LogP contribution in [0.3, 0.4) is 0 Å². The zero-order chi connectivity index (χ0) is 20.6. The number of nitrogens with one attached hydrogen (secondary N) is 3. The van der Waals surface area contributed by atoms with Crippen molar-refractivity contribution >= 4 is 35.8 Å². The van der Waals surface area contributed by atoms with Gasteiger partial charge in [0.25, 0.3) is 5.91 Å². The van der Waals surface area contributed by atoms with E-state index in [1.165, 1.54) is 25.7 Å². The highest BCUT2D eigenvalue weighted by atomic mass is 127. The lowest BCUT2D eigenvalue weighted by Gasteiger charge is -2.17. The van der Waals surface area contributed by atoms with E-state index in [0.717, 1.165) is 36.1 Å². The summed E-state index contributed by atoms with van der Waals surface area (Å²) in [6, 6.07) is 8.19. The summed E-state index contributed by atoms with van der Waals surface area (Å²) >= 11 is 0. The number of benzene rings is 1. The molecule has 0 aliphatic heterocycles. The molecule has 0 bridgehead atoms. The number of aryl methyl sites for hydroxylation is 1. The van der Waals surface area contributed by atoms with Crippen LogP contribution in [-0.2, 0) is 20.0 Å². The van der Waals surface area contributed by atoms with E-state index in [2.05, 4.69) is 26.1 Å². The smallest absolute Gasteiger partial charge is 0.251 e. The zero-order valence-corrected chi connectivity index (χ0v) is 20.3. The normalized spacial score (nSPS) is 14.3. The van der Waals surface area contributed by atoms with Gasteiger partial charge in [-0.3, -0.25) is 4.79 Å². The van der Waals surface area contributed by atoms with Crippen molar-refractivity contribution in [1.29, 1.82) is 0 Å². The Hall–Kier alpha value is -2.17. The van der Waals surface area contributed by atoms with Crippen LogP contribution in [0.4, 0.5) is 0 Å². The van der Waals surface area contributed by atoms with Gasteiger partial charge in [-0.2, -0.15) is 0 Å². The minimum absolute atomic E-state index is 0. The standard InChI is InChI=1S/C21H31N7O.HI/c1-15-26-27-19(28(15)3)14-24-21(25-18-9-4-5-10-18)23-12-11-16-7-6-8-17(13-16)20(29)22-2;/h6-8,13,18H,4-5,9-12,14H2,1-3H3,(H,22,29)(H2,23,24,25);1H. The minimum atomic E-state index is -0.0658. The summed E-state index contributed by atoms with van der Waals surface area (Å²) in [5, 5.41) is 17.9. The highest BCUT2D eigenvalue weighted by molar-refractivity contribution is 14.0. The molecule has 3 N–H and O–H groups in total. The third kappa shape index (κ3) is 6.68. The predicted molar refractivity (Wildman–Crippen MR) is 129 cm³/mol. The Morgan fingerprint density at radius 2 is 2.03 bits per heavy atom. The van der Waals surface area contributed by atoms with E-state index in [0.29, 0.717) is 18.2 Å². The van der Waals surface area contributed by atoms with Gasteiger partial charge in [-0.25, -0.2) is 4.99 Å². The minimum Gasteiger partial charge on any atom is -0.356 e. The van der Waals surface area contributed by atoms with Gasteiger partial charge in [0.2, 0.25) is 0 Å². The maximum atomic E-state index is 11.8. The summed E-state index contributed by atoms with van der Waals surface area (Å²) < 4.78 is 1.96. The summed E-state index contributed by atoms with van der Waals surface area (Å²) in [5.74, 6) is 2.46. The Bertz CT molecular complexity index is 859. The van der Waals surface area contributed by atoms with Crippen LogP contribution in [0.2, 0.25) is 0 Å². The predicted octanol–water partition coefficient (Wildman–Crippen LogP) is 2.32. The highest BCUT2D eigenvalue weighted by Gasteiger charge is 2.16.